The van der Waals surface area contributed by atoms with E-state index in [-0.39, 0.29) is 90.5 Å². The number of ether oxygens (including phenoxy) is 4. The quantitative estimate of drug-likeness (QED) is 0.0303. The Hall–Kier alpha value is -5.59. The average Bonchev–Trinajstić information content (AvgIpc) is 3.39. The Morgan fingerprint density at radius 1 is 0.412 bits per heavy atom. The smallest absolute Gasteiger partial charge is 0.326 e. The molecule has 0 fully saturated rings. The van der Waals surface area contributed by atoms with Gasteiger partial charge in [0, 0.05) is 59.6 Å². The van der Waals surface area contributed by atoms with E-state index in [1.807, 2.05) is 0 Å². The second-order valence-electron chi connectivity index (χ2n) is 20.0. The van der Waals surface area contributed by atoms with E-state index < -0.39 is 84.4 Å². The lowest BCUT2D eigenvalue weighted by Gasteiger charge is -2.15. The van der Waals surface area contributed by atoms with Crippen LogP contribution in [0, 0.1) is 11.8 Å². The molecule has 0 aromatic heterocycles. The maximum atomic E-state index is 12.4. The van der Waals surface area contributed by atoms with Gasteiger partial charge in [-0.15, -0.1) is 0 Å². The molecule has 0 aliphatic heterocycles. The lowest BCUT2D eigenvalue weighted by Crippen LogP contribution is -2.43. The molecule has 464 valence electrons. The first-order valence-corrected chi connectivity index (χ1v) is 28.8. The summed E-state index contributed by atoms with van der Waals surface area (Å²) < 4.78 is 21.0. The van der Waals surface area contributed by atoms with Crippen molar-refractivity contribution in [3.63, 3.8) is 0 Å². The molecule has 0 aromatic carbocycles. The fraction of sp³-hybridized carbons (Fsp3) is 0.804. The summed E-state index contributed by atoms with van der Waals surface area (Å²) in [5.41, 5.74) is 0. The number of ketones is 2. The first kappa shape index (κ1) is 76.5. The van der Waals surface area contributed by atoms with Crippen molar-refractivity contribution in [3.05, 3.63) is 0 Å². The zero-order valence-electron chi connectivity index (χ0n) is 48.0. The highest BCUT2D eigenvalue weighted by Gasteiger charge is 2.26. The number of Topliss-reactive ketones (excluding diaryl/α,β-unsaturated/α-hetero) is 2. The van der Waals surface area contributed by atoms with Gasteiger partial charge in [-0.05, 0) is 58.3 Å². The lowest BCUT2D eigenvalue weighted by molar-refractivity contribution is -0.145. The molecule has 9 N–H and O–H groups in total. The molecule has 0 heterocycles. The van der Waals surface area contributed by atoms with Gasteiger partial charge in [0.05, 0.1) is 44.9 Å². The summed E-state index contributed by atoms with van der Waals surface area (Å²) >= 11 is 0. The largest absolute Gasteiger partial charge is 0.481 e. The molecule has 4 atom stereocenters. The third-order valence-corrected chi connectivity index (χ3v) is 12.6. The van der Waals surface area contributed by atoms with E-state index in [4.69, 9.17) is 34.3 Å². The summed E-state index contributed by atoms with van der Waals surface area (Å²) in [4.78, 5) is 127. The highest BCUT2D eigenvalue weighted by molar-refractivity contribution is 5.87. The van der Waals surface area contributed by atoms with Crippen LogP contribution in [0.5, 0.6) is 0 Å². The van der Waals surface area contributed by atoms with Crippen molar-refractivity contribution in [3.8, 4) is 0 Å². The fourth-order valence-electron chi connectivity index (χ4n) is 7.69. The number of carbonyl (C=O) groups excluding carboxylic acids is 6. The predicted octanol–water partition coefficient (Wildman–Crippen LogP) is 6.26. The summed E-state index contributed by atoms with van der Waals surface area (Å²) in [5, 5.41) is 55.5. The fourth-order valence-corrected chi connectivity index (χ4v) is 7.69. The van der Waals surface area contributed by atoms with Crippen molar-refractivity contribution in [2.45, 2.75) is 213 Å². The van der Waals surface area contributed by atoms with E-state index in [2.05, 4.69) is 28.2 Å². The zero-order valence-corrected chi connectivity index (χ0v) is 48.0. The maximum absolute atomic E-state index is 12.4. The molecule has 0 aliphatic carbocycles. The van der Waals surface area contributed by atoms with Crippen LogP contribution < -0.4 is 21.3 Å². The molecule has 0 aromatic rings. The van der Waals surface area contributed by atoms with Crippen LogP contribution in [-0.2, 0) is 71.7 Å². The molecular formula is C56H100N4O20. The highest BCUT2D eigenvalue weighted by atomic mass is 16.5. The van der Waals surface area contributed by atoms with Crippen LogP contribution in [0.1, 0.15) is 202 Å². The van der Waals surface area contributed by atoms with E-state index in [0.29, 0.717) is 58.5 Å². The van der Waals surface area contributed by atoms with Gasteiger partial charge in [-0.3, -0.25) is 38.4 Å². The second-order valence-corrected chi connectivity index (χ2v) is 20.0. The number of amides is 4. The number of hydrogen-bond acceptors (Lipinski definition) is 15. The second kappa shape index (κ2) is 52.8. The van der Waals surface area contributed by atoms with Crippen molar-refractivity contribution in [2.75, 3.05) is 65.9 Å². The molecule has 0 rings (SSSR count). The molecule has 0 unspecified atom stereocenters. The number of carboxylic acid groups (broad SMARTS) is 5. The first-order chi connectivity index (χ1) is 38.2. The van der Waals surface area contributed by atoms with E-state index in [9.17, 15) is 63.0 Å². The number of carbonyl (C=O) groups is 11. The summed E-state index contributed by atoms with van der Waals surface area (Å²) in [6.07, 6.45) is 19.1. The first-order valence-electron chi connectivity index (χ1n) is 28.8. The Balaban J connectivity index is -0.00000164. The molecular weight excluding hydrogens is 1050 g/mol. The molecule has 24 nitrogen and oxygen atoms in total. The van der Waals surface area contributed by atoms with E-state index in [1.54, 1.807) is 6.92 Å². The minimum absolute atomic E-state index is 0. The van der Waals surface area contributed by atoms with Gasteiger partial charge >= 0.3 is 29.8 Å². The molecule has 4 amide bonds. The zero-order chi connectivity index (χ0) is 60.2. The van der Waals surface area contributed by atoms with E-state index in [1.165, 1.54) is 58.3 Å². The van der Waals surface area contributed by atoms with E-state index in [0.717, 1.165) is 51.4 Å². The molecule has 0 saturated carbocycles. The molecule has 0 radical (unpaired) electrons. The van der Waals surface area contributed by atoms with E-state index >= 15 is 0 Å². The topological polar surface area (TPSA) is 374 Å². The molecule has 0 bridgehead atoms. The normalized spacial score (nSPS) is 12.4. The Kier molecular flexibility index (Phi) is 50.4. The van der Waals surface area contributed by atoms with Gasteiger partial charge in [-0.2, -0.15) is 0 Å². The van der Waals surface area contributed by atoms with Crippen LogP contribution in [0.4, 0.5) is 0 Å². The van der Waals surface area contributed by atoms with Gasteiger partial charge in [0.15, 0.2) is 0 Å². The number of unbranched alkanes of at least 4 members (excludes halogenated alkanes) is 15. The Labute approximate surface area is 474 Å². The minimum atomic E-state index is -1.40. The third-order valence-electron chi connectivity index (χ3n) is 12.6. The average molecular weight is 1150 g/mol. The van der Waals surface area contributed by atoms with Crippen molar-refractivity contribution in [1.82, 2.24) is 21.3 Å². The Morgan fingerprint density at radius 2 is 0.887 bits per heavy atom. The van der Waals surface area contributed by atoms with Gasteiger partial charge in [-0.1, -0.05) is 104 Å². The third kappa shape index (κ3) is 51.8. The van der Waals surface area contributed by atoms with Gasteiger partial charge in [-0.25, -0.2) is 9.59 Å². The minimum Gasteiger partial charge on any atom is -0.481 e. The van der Waals surface area contributed by atoms with Crippen LogP contribution in [0.25, 0.3) is 0 Å². The van der Waals surface area contributed by atoms with Gasteiger partial charge in [0.25, 0.3) is 0 Å². The predicted molar refractivity (Wildman–Crippen MR) is 297 cm³/mol. The van der Waals surface area contributed by atoms with Gasteiger partial charge < -0.3 is 70.5 Å². The van der Waals surface area contributed by atoms with Crippen LogP contribution in [0.3, 0.4) is 0 Å². The monoisotopic (exact) mass is 1150 g/mol. The van der Waals surface area contributed by atoms with Crippen LogP contribution in [0.15, 0.2) is 0 Å². The molecule has 24 heteroatoms. The summed E-state index contributed by atoms with van der Waals surface area (Å²) in [6.45, 7) is 6.84. The molecule has 80 heavy (non-hydrogen) atoms. The number of rotatable bonds is 55. The lowest BCUT2D eigenvalue weighted by atomic mass is 9.94. The van der Waals surface area contributed by atoms with Crippen LogP contribution in [0.2, 0.25) is 0 Å². The van der Waals surface area contributed by atoms with Crippen molar-refractivity contribution < 1.29 is 98.6 Å². The van der Waals surface area contributed by atoms with Gasteiger partial charge in [0.1, 0.15) is 36.9 Å². The van der Waals surface area contributed by atoms with Crippen molar-refractivity contribution >= 4 is 65.0 Å². The van der Waals surface area contributed by atoms with Crippen LogP contribution >= 0.6 is 0 Å². The summed E-state index contributed by atoms with van der Waals surface area (Å²) in [6, 6.07) is -2.38. The molecule has 0 spiro atoms. The van der Waals surface area contributed by atoms with Crippen molar-refractivity contribution in [2.24, 2.45) is 11.8 Å². The highest BCUT2D eigenvalue weighted by Crippen LogP contribution is 2.17. The Morgan fingerprint density at radius 3 is 1.39 bits per heavy atom. The number of nitrogens with one attached hydrogen (secondary N) is 4. The number of aliphatic carboxylic acids is 5. The number of carboxylic acids is 5. The maximum Gasteiger partial charge on any atom is 0.326 e. The standard InChI is InChI=1S/C32H55N3O14.C24H43NO6.H2/c1-3-4-14-46-16-18-48-21-28(38)34-13-15-47-17-19-49-22-29(39)35-26(32(44)45)10-9-25(36)20-24(31(42)43)8-11-27(37)33-12-6-5-7-23(2)30(40)41;1-20(26)18-19-21(24(30)31)25-22(27)16-14-12-10-8-6-4-2-3-5-7-9-11-13-15-17-23(28)29;/h23-24,26H,3-22H2,1-2H3,(H,33,37)(H,34,38)(H,35,39)(H,40,41)(H,42,43)(H,44,45);21H,2-19H2,1H3,(H,25,27)(H,28,29)(H,30,31);1H/t23-,24+,26-;21-;/m00./s1. The Bertz CT molecular complexity index is 1770. The summed E-state index contributed by atoms with van der Waals surface area (Å²) in [7, 11) is 0. The van der Waals surface area contributed by atoms with Crippen LogP contribution in [-0.4, -0.2) is 169 Å². The van der Waals surface area contributed by atoms with Gasteiger partial charge in [0.2, 0.25) is 23.6 Å². The number of hydrogen-bond donors (Lipinski definition) is 9. The van der Waals surface area contributed by atoms with Crippen molar-refractivity contribution in [1.29, 1.82) is 0 Å². The summed E-state index contributed by atoms with van der Waals surface area (Å²) in [5.74, 6) is -9.20. The molecule has 0 saturated heterocycles. The SMILES string of the molecule is CC(=O)CC[C@H](NC(=O)CCCCCCCCCCCCCCCCC(=O)O)C(=O)O.CCCCOCCOCC(=O)NCCOCCOCC(=O)N[C@@H](CCC(=O)C[C@@H](CCC(=O)NCCCC[C@H](C)C(=O)O)C(=O)O)C(=O)O.[HH]. The molecule has 0 aliphatic rings.